The second kappa shape index (κ2) is 9.82. The van der Waals surface area contributed by atoms with Gasteiger partial charge in [0.15, 0.2) is 11.6 Å². The average molecular weight is 494 g/mol. The van der Waals surface area contributed by atoms with E-state index >= 15 is 4.39 Å². The number of halogens is 2. The summed E-state index contributed by atoms with van der Waals surface area (Å²) in [6, 6.07) is 14.6. The molecule has 3 aromatic rings. The molecule has 2 atom stereocenters. The first-order chi connectivity index (χ1) is 17.3. The number of fused-ring (bicyclic) bond motifs is 1. The summed E-state index contributed by atoms with van der Waals surface area (Å²) >= 11 is 0. The van der Waals surface area contributed by atoms with Gasteiger partial charge in [0.2, 0.25) is 5.82 Å². The molecule has 0 aliphatic carbocycles. The molecule has 2 aliphatic rings. The van der Waals surface area contributed by atoms with Crippen molar-refractivity contribution in [2.45, 2.75) is 26.4 Å². The van der Waals surface area contributed by atoms with Crippen molar-refractivity contribution in [2.24, 2.45) is 5.92 Å². The highest BCUT2D eigenvalue weighted by Crippen LogP contribution is 2.48. The fourth-order valence-electron chi connectivity index (χ4n) is 5.03. The monoisotopic (exact) mass is 493 g/mol. The van der Waals surface area contributed by atoms with Crippen LogP contribution in [-0.2, 0) is 0 Å². The molecule has 36 heavy (non-hydrogen) atoms. The Labute approximate surface area is 209 Å². The molecular weight excluding hydrogens is 464 g/mol. The lowest BCUT2D eigenvalue weighted by molar-refractivity contribution is 0.233. The molecule has 3 aromatic carbocycles. The summed E-state index contributed by atoms with van der Waals surface area (Å²) in [5, 5.41) is 19.6. The van der Waals surface area contributed by atoms with E-state index in [1.54, 1.807) is 6.07 Å². The minimum absolute atomic E-state index is 0.00620. The number of aromatic hydroxyl groups is 2. The van der Waals surface area contributed by atoms with Crippen molar-refractivity contribution in [3.63, 3.8) is 0 Å². The molecule has 0 saturated carbocycles. The molecule has 0 bridgehead atoms. The highest BCUT2D eigenvalue weighted by atomic mass is 19.2. The maximum Gasteiger partial charge on any atom is 0.200 e. The number of benzene rings is 3. The standard InChI is InChI=1S/C29H29F2NO4/c1-17-11-12-32(16-17)13-14-35-21-6-3-19(4-7-21)29-26(23-9-10-24(34)28(31)27(23)30)18(2)22-8-5-20(33)15-25(22)36-29/h3-10,15,17,29,33-34H,11-14,16H2,1-2H3/t17-,29+/m1/s1. The minimum atomic E-state index is -1.31. The lowest BCUT2D eigenvalue weighted by Crippen LogP contribution is -2.25. The smallest absolute Gasteiger partial charge is 0.200 e. The Morgan fingerprint density at radius 2 is 1.75 bits per heavy atom. The Hall–Kier alpha value is -3.58. The van der Waals surface area contributed by atoms with Gasteiger partial charge in [-0.05, 0) is 73.3 Å². The van der Waals surface area contributed by atoms with Crippen molar-refractivity contribution in [1.82, 2.24) is 4.90 Å². The van der Waals surface area contributed by atoms with Crippen LogP contribution in [0.4, 0.5) is 8.78 Å². The van der Waals surface area contributed by atoms with Crippen LogP contribution in [0.1, 0.15) is 43.1 Å². The van der Waals surface area contributed by atoms with E-state index in [1.165, 1.54) is 24.6 Å². The number of phenolic OH excluding ortho intramolecular Hbond substituents is 2. The third kappa shape index (κ3) is 4.63. The van der Waals surface area contributed by atoms with E-state index in [4.69, 9.17) is 9.47 Å². The summed E-state index contributed by atoms with van der Waals surface area (Å²) in [5.74, 6) is -1.27. The van der Waals surface area contributed by atoms with Crippen LogP contribution in [-0.4, -0.2) is 41.4 Å². The fraction of sp³-hybridized carbons (Fsp3) is 0.310. The van der Waals surface area contributed by atoms with Crippen LogP contribution in [0.15, 0.2) is 54.6 Å². The predicted octanol–water partition coefficient (Wildman–Crippen LogP) is 6.16. The molecule has 0 spiro atoms. The molecule has 2 aliphatic heterocycles. The minimum Gasteiger partial charge on any atom is -0.508 e. The summed E-state index contributed by atoms with van der Waals surface area (Å²) in [4.78, 5) is 2.40. The number of nitrogens with zero attached hydrogens (tertiary/aromatic N) is 1. The SMILES string of the molecule is CC1=C(c2ccc(O)c(F)c2F)[C@H](c2ccc(OCCN3CC[C@@H](C)C3)cc2)Oc2cc(O)ccc21. The van der Waals surface area contributed by atoms with Gasteiger partial charge >= 0.3 is 0 Å². The third-order valence-electron chi connectivity index (χ3n) is 7.00. The summed E-state index contributed by atoms with van der Waals surface area (Å²) in [6.45, 7) is 7.72. The van der Waals surface area contributed by atoms with E-state index in [0.29, 0.717) is 40.4 Å². The molecule has 2 N–H and O–H groups in total. The van der Waals surface area contributed by atoms with Crippen LogP contribution in [0.5, 0.6) is 23.0 Å². The normalized spacial score (nSPS) is 19.8. The summed E-state index contributed by atoms with van der Waals surface area (Å²) in [5.41, 5.74) is 2.52. The predicted molar refractivity (Wildman–Crippen MR) is 134 cm³/mol. The molecule has 0 amide bonds. The van der Waals surface area contributed by atoms with Gasteiger partial charge in [-0.15, -0.1) is 0 Å². The molecule has 0 aromatic heterocycles. The summed E-state index contributed by atoms with van der Waals surface area (Å²) in [7, 11) is 0. The zero-order valence-corrected chi connectivity index (χ0v) is 20.3. The molecular formula is C29H29F2NO4. The number of ether oxygens (including phenoxy) is 2. The molecule has 0 radical (unpaired) electrons. The fourth-order valence-corrected chi connectivity index (χ4v) is 5.03. The van der Waals surface area contributed by atoms with Gasteiger partial charge in [-0.25, -0.2) is 4.39 Å². The Balaban J connectivity index is 1.45. The zero-order chi connectivity index (χ0) is 25.4. The Bertz CT molecular complexity index is 1310. The first kappa shape index (κ1) is 24.1. The largest absolute Gasteiger partial charge is 0.508 e. The van der Waals surface area contributed by atoms with Crippen molar-refractivity contribution >= 4 is 11.1 Å². The van der Waals surface area contributed by atoms with Gasteiger partial charge in [0, 0.05) is 35.9 Å². The van der Waals surface area contributed by atoms with Crippen molar-refractivity contribution in [1.29, 1.82) is 0 Å². The molecule has 1 fully saturated rings. The number of hydrogen-bond donors (Lipinski definition) is 2. The van der Waals surface area contributed by atoms with Gasteiger partial charge in [0.05, 0.1) is 0 Å². The highest BCUT2D eigenvalue weighted by Gasteiger charge is 2.32. The van der Waals surface area contributed by atoms with E-state index in [1.807, 2.05) is 31.2 Å². The number of rotatable bonds is 6. The van der Waals surface area contributed by atoms with E-state index in [-0.39, 0.29) is 11.3 Å². The van der Waals surface area contributed by atoms with Crippen LogP contribution < -0.4 is 9.47 Å². The number of phenols is 2. The molecule has 2 heterocycles. The summed E-state index contributed by atoms with van der Waals surface area (Å²) in [6.07, 6.45) is 0.454. The van der Waals surface area contributed by atoms with E-state index in [0.717, 1.165) is 31.6 Å². The van der Waals surface area contributed by atoms with Gasteiger partial charge in [-0.1, -0.05) is 19.1 Å². The average Bonchev–Trinajstić information content (AvgIpc) is 3.28. The van der Waals surface area contributed by atoms with Gasteiger partial charge < -0.3 is 19.7 Å². The first-order valence-corrected chi connectivity index (χ1v) is 12.1. The van der Waals surface area contributed by atoms with Crippen molar-refractivity contribution < 1.29 is 28.5 Å². The Kier molecular flexibility index (Phi) is 6.58. The molecule has 5 rings (SSSR count). The van der Waals surface area contributed by atoms with Crippen LogP contribution in [0.25, 0.3) is 11.1 Å². The molecule has 7 heteroatoms. The molecule has 0 unspecified atom stereocenters. The van der Waals surface area contributed by atoms with Crippen LogP contribution in [0, 0.1) is 17.6 Å². The third-order valence-corrected chi connectivity index (χ3v) is 7.00. The van der Waals surface area contributed by atoms with E-state index in [2.05, 4.69) is 11.8 Å². The molecule has 5 nitrogen and oxygen atoms in total. The maximum atomic E-state index is 15.0. The van der Waals surface area contributed by atoms with Crippen molar-refractivity contribution in [3.05, 3.63) is 82.9 Å². The van der Waals surface area contributed by atoms with Crippen molar-refractivity contribution in [3.8, 4) is 23.0 Å². The Morgan fingerprint density at radius 1 is 1.00 bits per heavy atom. The van der Waals surface area contributed by atoms with Gasteiger partial charge in [0.1, 0.15) is 30.0 Å². The highest BCUT2D eigenvalue weighted by molar-refractivity contribution is 5.95. The van der Waals surface area contributed by atoms with Gasteiger partial charge in [-0.3, -0.25) is 4.90 Å². The summed E-state index contributed by atoms with van der Waals surface area (Å²) < 4.78 is 41.5. The van der Waals surface area contributed by atoms with Gasteiger partial charge in [0.25, 0.3) is 0 Å². The van der Waals surface area contributed by atoms with Crippen molar-refractivity contribution in [2.75, 3.05) is 26.2 Å². The first-order valence-electron chi connectivity index (χ1n) is 12.1. The van der Waals surface area contributed by atoms with E-state index < -0.39 is 23.5 Å². The topological polar surface area (TPSA) is 62.2 Å². The number of allylic oxidation sites excluding steroid dienone is 1. The van der Waals surface area contributed by atoms with Crippen LogP contribution in [0.3, 0.4) is 0 Å². The van der Waals surface area contributed by atoms with E-state index in [9.17, 15) is 14.6 Å². The van der Waals surface area contributed by atoms with Crippen LogP contribution >= 0.6 is 0 Å². The second-order valence-corrected chi connectivity index (χ2v) is 9.59. The number of likely N-dealkylation sites (tertiary alicyclic amines) is 1. The quantitative estimate of drug-likeness (QED) is 0.431. The van der Waals surface area contributed by atoms with Gasteiger partial charge in [-0.2, -0.15) is 4.39 Å². The second-order valence-electron chi connectivity index (χ2n) is 9.59. The maximum absolute atomic E-state index is 15.0. The lowest BCUT2D eigenvalue weighted by atomic mass is 9.85. The number of hydrogen-bond acceptors (Lipinski definition) is 5. The zero-order valence-electron chi connectivity index (χ0n) is 20.3. The van der Waals surface area contributed by atoms with Crippen LogP contribution in [0.2, 0.25) is 0 Å². The molecule has 1 saturated heterocycles. The Morgan fingerprint density at radius 3 is 2.47 bits per heavy atom. The molecule has 188 valence electrons. The lowest BCUT2D eigenvalue weighted by Gasteiger charge is -2.31.